The molecule has 2 N–H and O–H groups in total. The van der Waals surface area contributed by atoms with Crippen molar-refractivity contribution in [2.75, 3.05) is 10.6 Å². The summed E-state index contributed by atoms with van der Waals surface area (Å²) in [6.45, 7) is 1.45. The van der Waals surface area contributed by atoms with Crippen LogP contribution in [-0.2, 0) is 6.18 Å². The summed E-state index contributed by atoms with van der Waals surface area (Å²) in [6.07, 6.45) is 2.90. The first kappa shape index (κ1) is 21.1. The summed E-state index contributed by atoms with van der Waals surface area (Å²) in [5.74, 6) is 0.853. The molecule has 0 saturated heterocycles. The number of nitrogens with zero attached hydrogens (tertiary/aromatic N) is 3. The van der Waals surface area contributed by atoms with Crippen molar-refractivity contribution < 1.29 is 13.2 Å². The summed E-state index contributed by atoms with van der Waals surface area (Å²) in [6, 6.07) is 11.7. The van der Waals surface area contributed by atoms with Crippen LogP contribution in [0, 0.1) is 6.92 Å². The number of alkyl halides is 3. The van der Waals surface area contributed by atoms with Gasteiger partial charge in [-0.15, -0.1) is 0 Å². The number of aromatic nitrogens is 3. The van der Waals surface area contributed by atoms with Crippen LogP contribution < -0.4 is 10.6 Å². The maximum Gasteiger partial charge on any atom is 0.416 e. The lowest BCUT2D eigenvalue weighted by Crippen LogP contribution is -2.23. The van der Waals surface area contributed by atoms with Gasteiger partial charge in [0.25, 0.3) is 0 Å². The normalized spacial score (nSPS) is 15.0. The van der Waals surface area contributed by atoms with E-state index >= 15 is 0 Å². The molecule has 0 bridgehead atoms. The van der Waals surface area contributed by atoms with E-state index in [4.69, 9.17) is 0 Å². The largest absolute Gasteiger partial charge is 0.416 e. The van der Waals surface area contributed by atoms with Gasteiger partial charge in [0.05, 0.1) is 17.0 Å². The number of hydrogen-bond acceptors (Lipinski definition) is 5. The van der Waals surface area contributed by atoms with Crippen molar-refractivity contribution >= 4 is 17.5 Å². The molecule has 1 saturated carbocycles. The molecule has 1 aliphatic rings. The highest BCUT2D eigenvalue weighted by molar-refractivity contribution is 5.66. The Labute approximate surface area is 179 Å². The first-order valence-corrected chi connectivity index (χ1v) is 10.4. The molecule has 0 atom stereocenters. The van der Waals surface area contributed by atoms with Gasteiger partial charge < -0.3 is 10.6 Å². The molecule has 8 heteroatoms. The number of aryl methyl sites for hydroxylation is 1. The Balaban J connectivity index is 1.67. The molecule has 162 valence electrons. The summed E-state index contributed by atoms with van der Waals surface area (Å²) in [5, 5.41) is 6.40. The number of benzene rings is 1. The molecule has 4 rings (SSSR count). The fraction of sp³-hybridized carbons (Fsp3) is 0.348. The number of rotatable bonds is 5. The van der Waals surface area contributed by atoms with Crippen LogP contribution in [0.25, 0.3) is 11.4 Å². The maximum atomic E-state index is 13.3. The van der Waals surface area contributed by atoms with Gasteiger partial charge in [0, 0.05) is 24.0 Å². The molecule has 1 fully saturated rings. The zero-order valence-electron chi connectivity index (χ0n) is 17.2. The molecule has 0 spiro atoms. The third kappa shape index (κ3) is 5.31. The van der Waals surface area contributed by atoms with Gasteiger partial charge in [0.1, 0.15) is 5.82 Å². The lowest BCUT2D eigenvalue weighted by Gasteiger charge is -2.23. The van der Waals surface area contributed by atoms with Crippen LogP contribution in [0.5, 0.6) is 0 Å². The molecule has 2 heterocycles. The maximum absolute atomic E-state index is 13.3. The summed E-state index contributed by atoms with van der Waals surface area (Å²) in [7, 11) is 0. The summed E-state index contributed by atoms with van der Waals surface area (Å²) >= 11 is 0. The second-order valence-electron chi connectivity index (χ2n) is 7.81. The average molecular weight is 427 g/mol. The Morgan fingerprint density at radius 2 is 1.74 bits per heavy atom. The fourth-order valence-corrected chi connectivity index (χ4v) is 3.80. The lowest BCUT2D eigenvalue weighted by atomic mass is 9.96. The van der Waals surface area contributed by atoms with Crippen LogP contribution >= 0.6 is 0 Å². The van der Waals surface area contributed by atoms with Crippen LogP contribution in [0.15, 0.2) is 48.7 Å². The third-order valence-corrected chi connectivity index (χ3v) is 5.41. The van der Waals surface area contributed by atoms with Gasteiger partial charge in [-0.25, -0.2) is 4.98 Å². The number of pyridine rings is 1. The fourth-order valence-electron chi connectivity index (χ4n) is 3.80. The molecule has 0 radical (unpaired) electrons. The molecule has 5 nitrogen and oxygen atoms in total. The second kappa shape index (κ2) is 8.91. The van der Waals surface area contributed by atoms with Gasteiger partial charge in [-0.1, -0.05) is 31.4 Å². The van der Waals surface area contributed by atoms with Crippen molar-refractivity contribution in [1.82, 2.24) is 15.0 Å². The van der Waals surface area contributed by atoms with E-state index in [1.807, 2.05) is 18.2 Å². The average Bonchev–Trinajstić information content (AvgIpc) is 2.75. The van der Waals surface area contributed by atoms with Crippen LogP contribution in [0.1, 0.15) is 43.2 Å². The Morgan fingerprint density at radius 3 is 2.45 bits per heavy atom. The number of nitrogens with one attached hydrogen (secondary N) is 2. The number of halogens is 3. The second-order valence-corrected chi connectivity index (χ2v) is 7.81. The zero-order chi connectivity index (χ0) is 21.8. The van der Waals surface area contributed by atoms with Crippen molar-refractivity contribution in [3.05, 3.63) is 59.8 Å². The van der Waals surface area contributed by atoms with Crippen LogP contribution in [0.3, 0.4) is 0 Å². The van der Waals surface area contributed by atoms with Gasteiger partial charge in [-0.05, 0) is 49.6 Å². The van der Waals surface area contributed by atoms with Crippen LogP contribution in [0.4, 0.5) is 30.6 Å². The molecule has 2 aromatic heterocycles. The topological polar surface area (TPSA) is 62.7 Å². The van der Waals surface area contributed by atoms with Crippen molar-refractivity contribution in [1.29, 1.82) is 0 Å². The SMILES string of the molecule is Cc1ccc(Nc2cc(-c3ccccn3)nc(NC3CCCCC3)n2)cc1C(F)(F)F. The zero-order valence-corrected chi connectivity index (χ0v) is 17.2. The monoisotopic (exact) mass is 427 g/mol. The predicted molar refractivity (Wildman–Crippen MR) is 115 cm³/mol. The molecule has 0 unspecified atom stereocenters. The van der Waals surface area contributed by atoms with Gasteiger partial charge in [-0.3, -0.25) is 4.98 Å². The molecule has 31 heavy (non-hydrogen) atoms. The van der Waals surface area contributed by atoms with Gasteiger partial charge in [-0.2, -0.15) is 18.2 Å². The van der Waals surface area contributed by atoms with Gasteiger partial charge >= 0.3 is 6.18 Å². The highest BCUT2D eigenvalue weighted by Crippen LogP contribution is 2.34. The summed E-state index contributed by atoms with van der Waals surface area (Å²) < 4.78 is 39.9. The highest BCUT2D eigenvalue weighted by atomic mass is 19.4. The van der Waals surface area contributed by atoms with E-state index in [0.29, 0.717) is 28.8 Å². The van der Waals surface area contributed by atoms with Crippen molar-refractivity contribution in [3.8, 4) is 11.4 Å². The molecular formula is C23H24F3N5. The number of anilines is 3. The summed E-state index contributed by atoms with van der Waals surface area (Å²) in [5.41, 5.74) is 1.08. The van der Waals surface area contributed by atoms with E-state index in [-0.39, 0.29) is 11.6 Å². The Hall–Kier alpha value is -3.16. The van der Waals surface area contributed by atoms with E-state index < -0.39 is 11.7 Å². The molecule has 0 amide bonds. The van der Waals surface area contributed by atoms with E-state index in [1.165, 1.54) is 19.4 Å². The highest BCUT2D eigenvalue weighted by Gasteiger charge is 2.32. The van der Waals surface area contributed by atoms with Gasteiger partial charge in [0.2, 0.25) is 5.95 Å². The number of hydrogen-bond donors (Lipinski definition) is 2. The minimum Gasteiger partial charge on any atom is -0.351 e. The molecule has 0 aliphatic heterocycles. The Morgan fingerprint density at radius 1 is 0.935 bits per heavy atom. The minimum absolute atomic E-state index is 0.176. The van der Waals surface area contributed by atoms with Crippen molar-refractivity contribution in [3.63, 3.8) is 0 Å². The quantitative estimate of drug-likeness (QED) is 0.496. The van der Waals surface area contributed by atoms with E-state index in [9.17, 15) is 13.2 Å². The minimum atomic E-state index is -4.42. The Bertz CT molecular complexity index is 1030. The standard InChI is InChI=1S/C23H24F3N5/c1-15-10-11-17(13-18(15)23(24,25)26)28-21-14-20(19-9-5-6-12-27-19)30-22(31-21)29-16-7-3-2-4-8-16/h5-6,9-14,16H,2-4,7-8H2,1H3,(H2,28,29,30,31). The first-order valence-electron chi connectivity index (χ1n) is 10.4. The predicted octanol–water partition coefficient (Wildman–Crippen LogP) is 6.35. The van der Waals surface area contributed by atoms with Crippen molar-refractivity contribution in [2.45, 2.75) is 51.2 Å². The Kier molecular flexibility index (Phi) is 6.06. The lowest BCUT2D eigenvalue weighted by molar-refractivity contribution is -0.138. The summed E-state index contributed by atoms with van der Waals surface area (Å²) in [4.78, 5) is 13.5. The van der Waals surface area contributed by atoms with Crippen LogP contribution in [-0.4, -0.2) is 21.0 Å². The van der Waals surface area contributed by atoms with Gasteiger partial charge in [0.15, 0.2) is 0 Å². The van der Waals surface area contributed by atoms with Crippen LogP contribution in [0.2, 0.25) is 0 Å². The van der Waals surface area contributed by atoms with Crippen molar-refractivity contribution in [2.24, 2.45) is 0 Å². The van der Waals surface area contributed by atoms with E-state index in [2.05, 4.69) is 25.6 Å². The molecule has 1 aromatic carbocycles. The van der Waals surface area contributed by atoms with E-state index in [1.54, 1.807) is 18.3 Å². The first-order chi connectivity index (χ1) is 14.9. The molecule has 3 aromatic rings. The molecule has 1 aliphatic carbocycles. The van der Waals surface area contributed by atoms with E-state index in [0.717, 1.165) is 31.7 Å². The third-order valence-electron chi connectivity index (χ3n) is 5.41. The molecular weight excluding hydrogens is 403 g/mol. The smallest absolute Gasteiger partial charge is 0.351 e.